The molecule has 1 aliphatic heterocycles. The van der Waals surface area contributed by atoms with Gasteiger partial charge < -0.3 is 15.3 Å². The Kier molecular flexibility index (Phi) is 4.25. The van der Waals surface area contributed by atoms with Gasteiger partial charge in [0, 0.05) is 18.3 Å². The summed E-state index contributed by atoms with van der Waals surface area (Å²) in [5, 5.41) is 13.0. The average molecular weight is 248 g/mol. The maximum absolute atomic E-state index is 9.63. The summed E-state index contributed by atoms with van der Waals surface area (Å²) in [5.74, 6) is 0. The van der Waals surface area contributed by atoms with Crippen LogP contribution in [-0.2, 0) is 0 Å². The van der Waals surface area contributed by atoms with Gasteiger partial charge in [-0.25, -0.2) is 0 Å². The topological polar surface area (TPSA) is 35.5 Å². The Bertz CT molecular complexity index is 405. The van der Waals surface area contributed by atoms with E-state index in [0.717, 1.165) is 19.5 Å². The molecule has 0 aliphatic carbocycles. The molecule has 18 heavy (non-hydrogen) atoms. The lowest BCUT2D eigenvalue weighted by Crippen LogP contribution is -2.46. The number of nitrogens with zero attached hydrogens (tertiary/aromatic N) is 1. The number of hydrogen-bond donors (Lipinski definition) is 2. The van der Waals surface area contributed by atoms with E-state index >= 15 is 0 Å². The van der Waals surface area contributed by atoms with Crippen molar-refractivity contribution in [3.8, 4) is 0 Å². The Morgan fingerprint density at radius 2 is 2.17 bits per heavy atom. The van der Waals surface area contributed by atoms with Crippen LogP contribution in [0, 0.1) is 13.8 Å². The zero-order valence-corrected chi connectivity index (χ0v) is 11.6. The van der Waals surface area contributed by atoms with Crippen molar-refractivity contribution in [3.05, 3.63) is 29.3 Å². The van der Waals surface area contributed by atoms with Crippen molar-refractivity contribution in [3.63, 3.8) is 0 Å². The second-order valence-corrected chi connectivity index (χ2v) is 5.38. The Balaban J connectivity index is 2.36. The monoisotopic (exact) mass is 248 g/mol. The Morgan fingerprint density at radius 3 is 2.83 bits per heavy atom. The van der Waals surface area contributed by atoms with Gasteiger partial charge in [0.2, 0.25) is 0 Å². The summed E-state index contributed by atoms with van der Waals surface area (Å²) in [4.78, 5) is 2.38. The van der Waals surface area contributed by atoms with Gasteiger partial charge in [0.15, 0.2) is 0 Å². The minimum atomic E-state index is 0.170. The van der Waals surface area contributed by atoms with E-state index in [4.69, 9.17) is 0 Å². The number of aliphatic hydroxyl groups is 1. The summed E-state index contributed by atoms with van der Waals surface area (Å²) >= 11 is 0. The number of rotatable bonds is 2. The van der Waals surface area contributed by atoms with Gasteiger partial charge in [-0.1, -0.05) is 17.7 Å². The van der Waals surface area contributed by atoms with Gasteiger partial charge in [-0.15, -0.1) is 0 Å². The van der Waals surface area contributed by atoms with Crippen LogP contribution in [0.25, 0.3) is 0 Å². The molecule has 2 unspecified atom stereocenters. The lowest BCUT2D eigenvalue weighted by atomic mass is 10.1. The van der Waals surface area contributed by atoms with Crippen LogP contribution in [0.4, 0.5) is 5.69 Å². The first-order valence-corrected chi connectivity index (χ1v) is 6.80. The van der Waals surface area contributed by atoms with Crippen molar-refractivity contribution >= 4 is 5.69 Å². The van der Waals surface area contributed by atoms with Crippen molar-refractivity contribution in [1.29, 1.82) is 0 Å². The van der Waals surface area contributed by atoms with E-state index in [2.05, 4.69) is 49.2 Å². The van der Waals surface area contributed by atoms with E-state index in [1.165, 1.54) is 16.8 Å². The minimum absolute atomic E-state index is 0.170. The minimum Gasteiger partial charge on any atom is -0.394 e. The third-order valence-corrected chi connectivity index (χ3v) is 3.83. The predicted octanol–water partition coefficient (Wildman–Crippen LogP) is 1.85. The fraction of sp³-hybridized carbons (Fsp3) is 0.600. The third-order valence-electron chi connectivity index (χ3n) is 3.83. The Morgan fingerprint density at radius 1 is 1.39 bits per heavy atom. The molecule has 3 nitrogen and oxygen atoms in total. The molecular weight excluding hydrogens is 224 g/mol. The number of aryl methyl sites for hydroxylation is 2. The van der Waals surface area contributed by atoms with Crippen LogP contribution in [-0.4, -0.2) is 36.9 Å². The van der Waals surface area contributed by atoms with Gasteiger partial charge in [-0.2, -0.15) is 0 Å². The van der Waals surface area contributed by atoms with Crippen LogP contribution in [0.2, 0.25) is 0 Å². The van der Waals surface area contributed by atoms with Gasteiger partial charge in [0.25, 0.3) is 0 Å². The van der Waals surface area contributed by atoms with Gasteiger partial charge >= 0.3 is 0 Å². The second-order valence-electron chi connectivity index (χ2n) is 5.38. The number of benzene rings is 1. The van der Waals surface area contributed by atoms with Crippen molar-refractivity contribution in [2.75, 3.05) is 24.6 Å². The molecule has 0 amide bonds. The van der Waals surface area contributed by atoms with Crippen molar-refractivity contribution in [2.45, 2.75) is 39.3 Å². The summed E-state index contributed by atoms with van der Waals surface area (Å²) < 4.78 is 0. The second kappa shape index (κ2) is 5.72. The van der Waals surface area contributed by atoms with Crippen LogP contribution in [0.3, 0.4) is 0 Å². The maximum Gasteiger partial charge on any atom is 0.0648 e. The highest BCUT2D eigenvalue weighted by Crippen LogP contribution is 2.27. The highest BCUT2D eigenvalue weighted by atomic mass is 16.3. The SMILES string of the molecule is Cc1ccc(N2C(C)CCNCC2CO)c(C)c1. The van der Waals surface area contributed by atoms with E-state index in [0.29, 0.717) is 6.04 Å². The molecule has 1 heterocycles. The summed E-state index contributed by atoms with van der Waals surface area (Å²) in [6, 6.07) is 7.19. The third kappa shape index (κ3) is 2.68. The lowest BCUT2D eigenvalue weighted by molar-refractivity contribution is 0.255. The Hall–Kier alpha value is -1.06. The normalized spacial score (nSPS) is 25.0. The number of aliphatic hydroxyl groups excluding tert-OH is 1. The lowest BCUT2D eigenvalue weighted by Gasteiger charge is -2.36. The smallest absolute Gasteiger partial charge is 0.0648 e. The highest BCUT2D eigenvalue weighted by Gasteiger charge is 2.26. The number of anilines is 1. The molecule has 1 saturated heterocycles. The first-order chi connectivity index (χ1) is 8.63. The molecule has 0 aromatic heterocycles. The molecule has 2 rings (SSSR count). The molecule has 0 bridgehead atoms. The fourth-order valence-electron chi connectivity index (χ4n) is 2.86. The molecule has 0 radical (unpaired) electrons. The standard InChI is InChI=1S/C15H24N2O/c1-11-4-5-15(12(2)8-11)17-13(3)6-7-16-9-14(17)10-18/h4-5,8,13-14,16,18H,6-7,9-10H2,1-3H3. The summed E-state index contributed by atoms with van der Waals surface area (Å²) in [6.45, 7) is 8.60. The molecule has 3 heteroatoms. The maximum atomic E-state index is 9.63. The summed E-state index contributed by atoms with van der Waals surface area (Å²) in [7, 11) is 0. The quantitative estimate of drug-likeness (QED) is 0.838. The summed E-state index contributed by atoms with van der Waals surface area (Å²) in [5.41, 5.74) is 3.84. The average Bonchev–Trinajstić information content (AvgIpc) is 2.51. The first-order valence-electron chi connectivity index (χ1n) is 6.80. The molecule has 1 aliphatic rings. The molecule has 2 N–H and O–H groups in total. The molecule has 1 aromatic carbocycles. The molecule has 1 aromatic rings. The predicted molar refractivity (Wildman–Crippen MR) is 76.2 cm³/mol. The van der Waals surface area contributed by atoms with Crippen LogP contribution in [0.1, 0.15) is 24.5 Å². The van der Waals surface area contributed by atoms with E-state index in [1.54, 1.807) is 0 Å². The molecule has 100 valence electrons. The number of hydrogen-bond acceptors (Lipinski definition) is 3. The molecule has 1 fully saturated rings. The fourth-order valence-corrected chi connectivity index (χ4v) is 2.86. The van der Waals surface area contributed by atoms with E-state index < -0.39 is 0 Å². The zero-order chi connectivity index (χ0) is 13.1. The van der Waals surface area contributed by atoms with Gasteiger partial charge in [-0.05, 0) is 45.4 Å². The van der Waals surface area contributed by atoms with E-state index in [1.807, 2.05) is 0 Å². The van der Waals surface area contributed by atoms with Crippen molar-refractivity contribution < 1.29 is 5.11 Å². The zero-order valence-electron chi connectivity index (χ0n) is 11.6. The molecular formula is C15H24N2O. The van der Waals surface area contributed by atoms with Crippen LogP contribution >= 0.6 is 0 Å². The molecule has 2 atom stereocenters. The van der Waals surface area contributed by atoms with Gasteiger partial charge in [0.05, 0.1) is 12.6 Å². The van der Waals surface area contributed by atoms with Crippen LogP contribution < -0.4 is 10.2 Å². The van der Waals surface area contributed by atoms with Gasteiger partial charge in [0.1, 0.15) is 0 Å². The Labute approximate surface area is 110 Å². The van der Waals surface area contributed by atoms with E-state index in [9.17, 15) is 5.11 Å². The number of nitrogens with one attached hydrogen (secondary N) is 1. The van der Waals surface area contributed by atoms with Crippen LogP contribution in [0.5, 0.6) is 0 Å². The summed E-state index contributed by atoms with van der Waals surface area (Å²) in [6.07, 6.45) is 1.11. The molecule has 0 saturated carbocycles. The highest BCUT2D eigenvalue weighted by molar-refractivity contribution is 5.56. The van der Waals surface area contributed by atoms with Crippen molar-refractivity contribution in [2.24, 2.45) is 0 Å². The largest absolute Gasteiger partial charge is 0.394 e. The first kappa shape index (κ1) is 13.4. The van der Waals surface area contributed by atoms with Crippen molar-refractivity contribution in [1.82, 2.24) is 5.32 Å². The molecule has 0 spiro atoms. The van der Waals surface area contributed by atoms with E-state index in [-0.39, 0.29) is 12.6 Å². The van der Waals surface area contributed by atoms with Crippen LogP contribution in [0.15, 0.2) is 18.2 Å². The van der Waals surface area contributed by atoms with Gasteiger partial charge in [-0.3, -0.25) is 0 Å².